The predicted octanol–water partition coefficient (Wildman–Crippen LogP) is 0.865. The quantitative estimate of drug-likeness (QED) is 0.776. The highest BCUT2D eigenvalue weighted by Crippen LogP contribution is 2.03. The van der Waals surface area contributed by atoms with Crippen LogP contribution in [0, 0.1) is 5.82 Å². The van der Waals surface area contributed by atoms with E-state index in [4.69, 9.17) is 5.11 Å². The molecule has 0 bridgehead atoms. The molecule has 0 fully saturated rings. The van der Waals surface area contributed by atoms with Gasteiger partial charge in [-0.15, -0.1) is 0 Å². The first-order chi connectivity index (χ1) is 7.11. The van der Waals surface area contributed by atoms with Crippen molar-refractivity contribution in [1.82, 2.24) is 5.32 Å². The van der Waals surface area contributed by atoms with Gasteiger partial charge in [0.1, 0.15) is 5.82 Å². The third-order valence-electron chi connectivity index (χ3n) is 1.96. The van der Waals surface area contributed by atoms with Crippen LogP contribution in [0.2, 0.25) is 0 Å². The van der Waals surface area contributed by atoms with E-state index in [1.165, 1.54) is 12.1 Å². The molecule has 4 heteroatoms. The lowest BCUT2D eigenvalue weighted by Gasteiger charge is -2.10. The van der Waals surface area contributed by atoms with Crippen molar-refractivity contribution in [3.05, 3.63) is 35.6 Å². The SMILES string of the molecule is CC(CO)NC(=O)Cc1ccc(F)cc1. The number of aliphatic hydroxyl groups excluding tert-OH is 1. The Morgan fingerprint density at radius 2 is 2.07 bits per heavy atom. The summed E-state index contributed by atoms with van der Waals surface area (Å²) in [5.41, 5.74) is 0.749. The van der Waals surface area contributed by atoms with Crippen molar-refractivity contribution in [2.45, 2.75) is 19.4 Å². The molecular weight excluding hydrogens is 197 g/mol. The molecule has 15 heavy (non-hydrogen) atoms. The largest absolute Gasteiger partial charge is 0.394 e. The van der Waals surface area contributed by atoms with Gasteiger partial charge in [-0.1, -0.05) is 12.1 Å². The Kier molecular flexibility index (Phi) is 4.24. The van der Waals surface area contributed by atoms with Gasteiger partial charge in [0, 0.05) is 6.04 Å². The zero-order valence-electron chi connectivity index (χ0n) is 8.53. The second-order valence-corrected chi connectivity index (χ2v) is 3.45. The van der Waals surface area contributed by atoms with Gasteiger partial charge in [-0.25, -0.2) is 4.39 Å². The van der Waals surface area contributed by atoms with Gasteiger partial charge in [0.15, 0.2) is 0 Å². The highest BCUT2D eigenvalue weighted by molar-refractivity contribution is 5.78. The maximum atomic E-state index is 12.6. The molecule has 0 saturated carbocycles. The number of hydrogen-bond acceptors (Lipinski definition) is 2. The third kappa shape index (κ3) is 4.08. The van der Waals surface area contributed by atoms with Gasteiger partial charge in [-0.2, -0.15) is 0 Å². The molecule has 82 valence electrons. The van der Waals surface area contributed by atoms with Crippen LogP contribution in [-0.4, -0.2) is 23.7 Å². The van der Waals surface area contributed by atoms with E-state index in [2.05, 4.69) is 5.32 Å². The van der Waals surface area contributed by atoms with E-state index in [1.54, 1.807) is 19.1 Å². The van der Waals surface area contributed by atoms with E-state index in [0.29, 0.717) is 0 Å². The molecule has 2 N–H and O–H groups in total. The summed E-state index contributed by atoms with van der Waals surface area (Å²) in [5.74, 6) is -0.494. The average Bonchev–Trinajstić information content (AvgIpc) is 2.21. The van der Waals surface area contributed by atoms with Crippen molar-refractivity contribution >= 4 is 5.91 Å². The molecule has 0 aliphatic rings. The Morgan fingerprint density at radius 1 is 1.47 bits per heavy atom. The lowest BCUT2D eigenvalue weighted by atomic mass is 10.1. The zero-order valence-corrected chi connectivity index (χ0v) is 8.53. The summed E-state index contributed by atoms with van der Waals surface area (Å²) in [7, 11) is 0. The minimum Gasteiger partial charge on any atom is -0.394 e. The third-order valence-corrected chi connectivity index (χ3v) is 1.96. The van der Waals surface area contributed by atoms with Crippen LogP contribution in [-0.2, 0) is 11.2 Å². The highest BCUT2D eigenvalue weighted by Gasteiger charge is 2.06. The first-order valence-electron chi connectivity index (χ1n) is 4.76. The van der Waals surface area contributed by atoms with Gasteiger partial charge < -0.3 is 10.4 Å². The molecule has 0 aromatic heterocycles. The summed E-state index contributed by atoms with van der Waals surface area (Å²) >= 11 is 0. The molecule has 1 unspecified atom stereocenters. The Bertz CT molecular complexity index is 324. The van der Waals surface area contributed by atoms with E-state index in [9.17, 15) is 9.18 Å². The summed E-state index contributed by atoms with van der Waals surface area (Å²) in [6.45, 7) is 1.62. The molecule has 1 amide bonds. The average molecular weight is 211 g/mol. The molecule has 0 aliphatic heterocycles. The van der Waals surface area contributed by atoms with Crippen LogP contribution in [0.25, 0.3) is 0 Å². The number of hydrogen-bond donors (Lipinski definition) is 2. The summed E-state index contributed by atoms with van der Waals surface area (Å²) < 4.78 is 12.6. The fourth-order valence-corrected chi connectivity index (χ4v) is 1.16. The molecule has 1 atom stereocenters. The van der Waals surface area contributed by atoms with Gasteiger partial charge in [0.2, 0.25) is 5.91 Å². The van der Waals surface area contributed by atoms with E-state index < -0.39 is 0 Å². The number of rotatable bonds is 4. The molecule has 0 radical (unpaired) electrons. The maximum absolute atomic E-state index is 12.6. The van der Waals surface area contributed by atoms with Gasteiger partial charge >= 0.3 is 0 Å². The predicted molar refractivity (Wildman–Crippen MR) is 54.8 cm³/mol. The maximum Gasteiger partial charge on any atom is 0.224 e. The monoisotopic (exact) mass is 211 g/mol. The molecule has 0 saturated heterocycles. The van der Waals surface area contributed by atoms with Crippen molar-refractivity contribution < 1.29 is 14.3 Å². The lowest BCUT2D eigenvalue weighted by Crippen LogP contribution is -2.35. The van der Waals surface area contributed by atoms with Crippen LogP contribution >= 0.6 is 0 Å². The van der Waals surface area contributed by atoms with Gasteiger partial charge in [0.25, 0.3) is 0 Å². The van der Waals surface area contributed by atoms with Crippen molar-refractivity contribution in [2.75, 3.05) is 6.61 Å². The minimum absolute atomic E-state index is 0.0881. The second-order valence-electron chi connectivity index (χ2n) is 3.45. The normalized spacial score (nSPS) is 12.2. The Hall–Kier alpha value is -1.42. The topological polar surface area (TPSA) is 49.3 Å². The summed E-state index contributed by atoms with van der Waals surface area (Å²) in [6, 6.07) is 5.52. The summed E-state index contributed by atoms with van der Waals surface area (Å²) in [4.78, 5) is 11.4. The van der Waals surface area contributed by atoms with Crippen molar-refractivity contribution in [3.63, 3.8) is 0 Å². The van der Waals surface area contributed by atoms with Crippen LogP contribution in [0.1, 0.15) is 12.5 Å². The molecule has 1 rings (SSSR count). The van der Waals surface area contributed by atoms with Gasteiger partial charge in [0.05, 0.1) is 13.0 Å². The fourth-order valence-electron chi connectivity index (χ4n) is 1.16. The molecule has 1 aromatic rings. The van der Waals surface area contributed by atoms with E-state index in [0.717, 1.165) is 5.56 Å². The van der Waals surface area contributed by atoms with Crippen LogP contribution in [0.4, 0.5) is 4.39 Å². The smallest absolute Gasteiger partial charge is 0.224 e. The number of carbonyl (C=O) groups excluding carboxylic acids is 1. The van der Waals surface area contributed by atoms with E-state index in [-0.39, 0.29) is 30.8 Å². The first-order valence-corrected chi connectivity index (χ1v) is 4.76. The number of benzene rings is 1. The molecule has 3 nitrogen and oxygen atoms in total. The van der Waals surface area contributed by atoms with E-state index in [1.807, 2.05) is 0 Å². The Balaban J connectivity index is 2.48. The zero-order chi connectivity index (χ0) is 11.3. The van der Waals surface area contributed by atoms with Crippen LogP contribution < -0.4 is 5.32 Å². The molecule has 0 spiro atoms. The van der Waals surface area contributed by atoms with Gasteiger partial charge in [-0.05, 0) is 24.6 Å². The molecule has 0 heterocycles. The molecule has 0 aliphatic carbocycles. The number of aliphatic hydroxyl groups is 1. The van der Waals surface area contributed by atoms with Crippen molar-refractivity contribution in [2.24, 2.45) is 0 Å². The lowest BCUT2D eigenvalue weighted by molar-refractivity contribution is -0.121. The Morgan fingerprint density at radius 3 is 2.60 bits per heavy atom. The minimum atomic E-state index is -0.317. The van der Waals surface area contributed by atoms with Crippen LogP contribution in [0.15, 0.2) is 24.3 Å². The van der Waals surface area contributed by atoms with Crippen LogP contribution in [0.3, 0.4) is 0 Å². The summed E-state index contributed by atoms with van der Waals surface area (Å²) in [6.07, 6.45) is 0.199. The first kappa shape index (κ1) is 11.7. The van der Waals surface area contributed by atoms with Gasteiger partial charge in [-0.3, -0.25) is 4.79 Å². The fraction of sp³-hybridized carbons (Fsp3) is 0.364. The van der Waals surface area contributed by atoms with Crippen molar-refractivity contribution in [1.29, 1.82) is 0 Å². The number of nitrogens with one attached hydrogen (secondary N) is 1. The Labute approximate surface area is 87.9 Å². The number of halogens is 1. The number of carbonyl (C=O) groups is 1. The highest BCUT2D eigenvalue weighted by atomic mass is 19.1. The number of amides is 1. The standard InChI is InChI=1S/C11H14FNO2/c1-8(7-14)13-11(15)6-9-2-4-10(12)5-3-9/h2-5,8,14H,6-7H2,1H3,(H,13,15). The van der Waals surface area contributed by atoms with E-state index >= 15 is 0 Å². The van der Waals surface area contributed by atoms with Crippen molar-refractivity contribution in [3.8, 4) is 0 Å². The molecular formula is C11H14FNO2. The van der Waals surface area contributed by atoms with Crippen LogP contribution in [0.5, 0.6) is 0 Å². The molecule has 1 aromatic carbocycles. The summed E-state index contributed by atoms with van der Waals surface area (Å²) in [5, 5.41) is 11.3. The second kappa shape index (κ2) is 5.46.